The van der Waals surface area contributed by atoms with Crippen molar-refractivity contribution in [3.63, 3.8) is 0 Å². The fraction of sp³-hybridized carbons (Fsp3) is 0. The van der Waals surface area contributed by atoms with Gasteiger partial charge in [-0.2, -0.15) is 13.8 Å². The zero-order chi connectivity index (χ0) is 6.81. The SMILES string of the molecule is c1cnn(-c2cnsn2)c1. The summed E-state index contributed by atoms with van der Waals surface area (Å²) in [4.78, 5) is 0. The highest BCUT2D eigenvalue weighted by atomic mass is 32.1. The van der Waals surface area contributed by atoms with Gasteiger partial charge in [0, 0.05) is 12.4 Å². The Balaban J connectivity index is 2.48. The minimum absolute atomic E-state index is 0.773. The van der Waals surface area contributed by atoms with Gasteiger partial charge in [0.1, 0.15) is 0 Å². The van der Waals surface area contributed by atoms with Crippen LogP contribution >= 0.6 is 11.7 Å². The minimum Gasteiger partial charge on any atom is -0.220 e. The third-order valence-electron chi connectivity index (χ3n) is 1.09. The second-order valence-corrected chi connectivity index (χ2v) is 2.27. The fourth-order valence-electron chi connectivity index (χ4n) is 0.665. The third kappa shape index (κ3) is 0.801. The number of aromatic nitrogens is 4. The summed E-state index contributed by atoms with van der Waals surface area (Å²) in [6, 6.07) is 1.85. The molecule has 4 nitrogen and oxygen atoms in total. The largest absolute Gasteiger partial charge is 0.220 e. The van der Waals surface area contributed by atoms with E-state index in [-0.39, 0.29) is 0 Å². The van der Waals surface area contributed by atoms with Crippen molar-refractivity contribution >= 4 is 11.7 Å². The Morgan fingerprint density at radius 1 is 1.50 bits per heavy atom. The highest BCUT2D eigenvalue weighted by Gasteiger charge is 1.95. The Labute approximate surface area is 61.5 Å². The first kappa shape index (κ1) is 5.55. The summed E-state index contributed by atoms with van der Waals surface area (Å²) in [5, 5.41) is 3.98. The van der Waals surface area contributed by atoms with Crippen LogP contribution in [-0.4, -0.2) is 18.5 Å². The van der Waals surface area contributed by atoms with Crippen molar-refractivity contribution in [3.05, 3.63) is 24.7 Å². The molecule has 0 aliphatic carbocycles. The predicted octanol–water partition coefficient (Wildman–Crippen LogP) is 0.724. The minimum atomic E-state index is 0.773. The van der Waals surface area contributed by atoms with Crippen LogP contribution in [0.5, 0.6) is 0 Å². The van der Waals surface area contributed by atoms with Crippen LogP contribution in [0, 0.1) is 0 Å². The molecule has 2 aromatic rings. The van der Waals surface area contributed by atoms with Crippen LogP contribution in [0.25, 0.3) is 5.82 Å². The summed E-state index contributed by atoms with van der Waals surface area (Å²) in [7, 11) is 0. The van der Waals surface area contributed by atoms with Crippen molar-refractivity contribution in [1.82, 2.24) is 18.5 Å². The highest BCUT2D eigenvalue weighted by molar-refractivity contribution is 6.99. The summed E-state index contributed by atoms with van der Waals surface area (Å²) in [6.45, 7) is 0. The molecule has 0 radical (unpaired) electrons. The van der Waals surface area contributed by atoms with Crippen molar-refractivity contribution in [2.45, 2.75) is 0 Å². The molecule has 0 saturated heterocycles. The van der Waals surface area contributed by atoms with Crippen molar-refractivity contribution in [1.29, 1.82) is 0 Å². The zero-order valence-corrected chi connectivity index (χ0v) is 5.82. The average Bonchev–Trinajstić information content (AvgIpc) is 2.59. The molecule has 5 heteroatoms. The molecule has 0 unspecified atom stereocenters. The maximum atomic E-state index is 3.99. The average molecular weight is 152 g/mol. The molecule has 0 amide bonds. The quantitative estimate of drug-likeness (QED) is 0.604. The van der Waals surface area contributed by atoms with E-state index < -0.39 is 0 Å². The van der Waals surface area contributed by atoms with Gasteiger partial charge in [-0.25, -0.2) is 4.68 Å². The molecule has 10 heavy (non-hydrogen) atoms. The molecular formula is C5H4N4S. The van der Waals surface area contributed by atoms with Crippen molar-refractivity contribution in [3.8, 4) is 5.82 Å². The van der Waals surface area contributed by atoms with E-state index in [1.54, 1.807) is 17.1 Å². The van der Waals surface area contributed by atoms with Crippen molar-refractivity contribution in [2.24, 2.45) is 0 Å². The number of nitrogens with zero attached hydrogens (tertiary/aromatic N) is 4. The predicted molar refractivity (Wildman–Crippen MR) is 37.0 cm³/mol. The van der Waals surface area contributed by atoms with E-state index in [2.05, 4.69) is 13.8 Å². The lowest BCUT2D eigenvalue weighted by Crippen LogP contribution is -1.92. The molecule has 0 atom stereocenters. The Bertz CT molecular complexity index is 253. The summed E-state index contributed by atoms with van der Waals surface area (Å²) in [6.07, 6.45) is 5.22. The monoisotopic (exact) mass is 152 g/mol. The van der Waals surface area contributed by atoms with Gasteiger partial charge in [-0.3, -0.25) is 0 Å². The standard InChI is InChI=1S/C5H4N4S/c1-2-6-9(3-1)5-4-7-10-8-5/h1-4H. The topological polar surface area (TPSA) is 43.6 Å². The molecule has 0 bridgehead atoms. The van der Waals surface area contributed by atoms with Crippen molar-refractivity contribution < 1.29 is 0 Å². The Morgan fingerprint density at radius 2 is 2.50 bits per heavy atom. The molecule has 0 fully saturated rings. The van der Waals surface area contributed by atoms with Crippen LogP contribution < -0.4 is 0 Å². The van der Waals surface area contributed by atoms with Gasteiger partial charge in [0.05, 0.1) is 17.9 Å². The summed E-state index contributed by atoms with van der Waals surface area (Å²) in [5.41, 5.74) is 0. The summed E-state index contributed by atoms with van der Waals surface area (Å²) < 4.78 is 9.51. The second-order valence-electron chi connectivity index (χ2n) is 1.72. The van der Waals surface area contributed by atoms with E-state index in [9.17, 15) is 0 Å². The van der Waals surface area contributed by atoms with Gasteiger partial charge < -0.3 is 0 Å². The Hall–Kier alpha value is -1.23. The van der Waals surface area contributed by atoms with E-state index in [1.807, 2.05) is 12.3 Å². The van der Waals surface area contributed by atoms with Gasteiger partial charge in [-0.1, -0.05) is 0 Å². The number of rotatable bonds is 1. The van der Waals surface area contributed by atoms with Gasteiger partial charge in [-0.05, 0) is 6.07 Å². The molecular weight excluding hydrogens is 148 g/mol. The van der Waals surface area contributed by atoms with E-state index in [0.717, 1.165) is 5.82 Å². The van der Waals surface area contributed by atoms with Crippen LogP contribution in [0.3, 0.4) is 0 Å². The maximum absolute atomic E-state index is 3.99. The third-order valence-corrected chi connectivity index (χ3v) is 1.56. The lowest BCUT2D eigenvalue weighted by molar-refractivity contribution is 0.859. The van der Waals surface area contributed by atoms with Crippen molar-refractivity contribution in [2.75, 3.05) is 0 Å². The molecule has 0 N–H and O–H groups in total. The van der Waals surface area contributed by atoms with E-state index >= 15 is 0 Å². The fourth-order valence-corrected chi connectivity index (χ4v) is 1.07. The molecule has 0 aliphatic heterocycles. The summed E-state index contributed by atoms with van der Waals surface area (Å²) >= 11 is 1.18. The van der Waals surface area contributed by atoms with E-state index in [4.69, 9.17) is 0 Å². The van der Waals surface area contributed by atoms with Gasteiger partial charge in [0.2, 0.25) is 0 Å². The first-order valence-corrected chi connectivity index (χ1v) is 3.47. The molecule has 0 aliphatic rings. The van der Waals surface area contributed by atoms with Crippen LogP contribution in [0.4, 0.5) is 0 Å². The van der Waals surface area contributed by atoms with Gasteiger partial charge >= 0.3 is 0 Å². The normalized spacial score (nSPS) is 10.0. The highest BCUT2D eigenvalue weighted by Crippen LogP contribution is 2.00. The molecule has 0 spiro atoms. The summed E-state index contributed by atoms with van der Waals surface area (Å²) in [5.74, 6) is 0.773. The first-order chi connectivity index (χ1) is 4.97. The zero-order valence-electron chi connectivity index (χ0n) is 5.01. The smallest absolute Gasteiger partial charge is 0.186 e. The van der Waals surface area contributed by atoms with Gasteiger partial charge in [0.25, 0.3) is 0 Å². The molecule has 2 aromatic heterocycles. The molecule has 50 valence electrons. The maximum Gasteiger partial charge on any atom is 0.186 e. The first-order valence-electron chi connectivity index (χ1n) is 2.74. The number of hydrogen-bond donors (Lipinski definition) is 0. The second kappa shape index (κ2) is 2.18. The number of hydrogen-bond acceptors (Lipinski definition) is 4. The van der Waals surface area contributed by atoms with Crippen LogP contribution in [0.2, 0.25) is 0 Å². The lowest BCUT2D eigenvalue weighted by atomic mass is 10.7. The molecule has 0 saturated carbocycles. The van der Waals surface area contributed by atoms with E-state index in [1.165, 1.54) is 11.7 Å². The Kier molecular flexibility index (Phi) is 1.21. The van der Waals surface area contributed by atoms with Crippen LogP contribution in [-0.2, 0) is 0 Å². The van der Waals surface area contributed by atoms with Crippen LogP contribution in [0.15, 0.2) is 24.7 Å². The Morgan fingerprint density at radius 3 is 3.10 bits per heavy atom. The van der Waals surface area contributed by atoms with Crippen LogP contribution in [0.1, 0.15) is 0 Å². The molecule has 0 aromatic carbocycles. The molecule has 2 rings (SSSR count). The molecule has 2 heterocycles. The lowest BCUT2D eigenvalue weighted by Gasteiger charge is -1.88. The van der Waals surface area contributed by atoms with Gasteiger partial charge in [0.15, 0.2) is 5.82 Å². The van der Waals surface area contributed by atoms with E-state index in [0.29, 0.717) is 0 Å². The van der Waals surface area contributed by atoms with Gasteiger partial charge in [-0.15, -0.1) is 0 Å².